The van der Waals surface area contributed by atoms with E-state index in [4.69, 9.17) is 9.47 Å². The van der Waals surface area contributed by atoms with Crippen LogP contribution in [0.15, 0.2) is 54.6 Å². The number of likely N-dealkylation sites (tertiary alicyclic amines) is 1. The molecular formula is C28H37NO3. The summed E-state index contributed by atoms with van der Waals surface area (Å²) in [5.41, 5.74) is 2.90. The van der Waals surface area contributed by atoms with Crippen molar-refractivity contribution < 1.29 is 14.3 Å². The average Bonchev–Trinajstić information content (AvgIpc) is 2.83. The van der Waals surface area contributed by atoms with Gasteiger partial charge in [-0.1, -0.05) is 48.9 Å². The van der Waals surface area contributed by atoms with Crippen molar-refractivity contribution in [3.05, 3.63) is 65.7 Å². The Bertz CT molecular complexity index is 883. The molecule has 172 valence electrons. The number of piperidine rings is 1. The van der Waals surface area contributed by atoms with Crippen molar-refractivity contribution in [2.45, 2.75) is 63.3 Å². The van der Waals surface area contributed by atoms with Gasteiger partial charge in [-0.15, -0.1) is 0 Å². The molecule has 2 bridgehead atoms. The van der Waals surface area contributed by atoms with Crippen LogP contribution in [0.2, 0.25) is 0 Å². The van der Waals surface area contributed by atoms with Crippen molar-refractivity contribution in [3.8, 4) is 5.75 Å². The molecule has 32 heavy (non-hydrogen) atoms. The van der Waals surface area contributed by atoms with Gasteiger partial charge in [0.2, 0.25) is 0 Å². The number of hydrogen-bond donors (Lipinski definition) is 0. The van der Waals surface area contributed by atoms with Gasteiger partial charge in [0.05, 0.1) is 13.7 Å². The van der Waals surface area contributed by atoms with Crippen molar-refractivity contribution in [2.75, 3.05) is 26.8 Å². The molecule has 1 aliphatic carbocycles. The molecule has 4 heteroatoms. The summed E-state index contributed by atoms with van der Waals surface area (Å²) in [6.45, 7) is 4.54. The number of esters is 1. The quantitative estimate of drug-likeness (QED) is 0.495. The fourth-order valence-electron chi connectivity index (χ4n) is 6.24. The molecule has 1 heterocycles. The Balaban J connectivity index is 1.58. The molecule has 3 atom stereocenters. The predicted molar refractivity (Wildman–Crippen MR) is 128 cm³/mol. The highest BCUT2D eigenvalue weighted by Gasteiger charge is 2.51. The van der Waals surface area contributed by atoms with Crippen LogP contribution in [0.3, 0.4) is 0 Å². The number of rotatable bonds is 9. The normalized spacial score (nSPS) is 25.3. The Morgan fingerprint density at radius 2 is 1.97 bits per heavy atom. The van der Waals surface area contributed by atoms with Gasteiger partial charge in [-0.05, 0) is 74.8 Å². The molecule has 0 amide bonds. The van der Waals surface area contributed by atoms with Gasteiger partial charge in [-0.3, -0.25) is 9.69 Å². The molecule has 0 N–H and O–H groups in total. The summed E-state index contributed by atoms with van der Waals surface area (Å²) in [6.07, 6.45) is 7.26. The predicted octanol–water partition coefficient (Wildman–Crippen LogP) is 5.39. The number of methoxy groups -OCH3 is 1. The lowest BCUT2D eigenvalue weighted by molar-refractivity contribution is -0.144. The van der Waals surface area contributed by atoms with E-state index in [0.717, 1.165) is 38.1 Å². The van der Waals surface area contributed by atoms with Crippen molar-refractivity contribution in [1.82, 2.24) is 4.90 Å². The third-order valence-corrected chi connectivity index (χ3v) is 7.75. The van der Waals surface area contributed by atoms with E-state index in [2.05, 4.69) is 53.4 Å². The zero-order valence-electron chi connectivity index (χ0n) is 19.6. The summed E-state index contributed by atoms with van der Waals surface area (Å²) in [5.74, 6) is 1.32. The summed E-state index contributed by atoms with van der Waals surface area (Å²) in [4.78, 5) is 15.0. The monoisotopic (exact) mass is 435 g/mol. The molecule has 0 spiro atoms. The summed E-state index contributed by atoms with van der Waals surface area (Å²) >= 11 is 0. The van der Waals surface area contributed by atoms with E-state index < -0.39 is 0 Å². The first-order valence-corrected chi connectivity index (χ1v) is 12.2. The van der Waals surface area contributed by atoms with Gasteiger partial charge in [-0.2, -0.15) is 0 Å². The molecule has 2 aliphatic rings. The third kappa shape index (κ3) is 4.85. The van der Waals surface area contributed by atoms with E-state index in [9.17, 15) is 4.79 Å². The minimum atomic E-state index is -0.0622. The van der Waals surface area contributed by atoms with Gasteiger partial charge in [0.15, 0.2) is 0 Å². The second-order valence-corrected chi connectivity index (χ2v) is 9.32. The summed E-state index contributed by atoms with van der Waals surface area (Å²) < 4.78 is 10.9. The number of benzene rings is 2. The Morgan fingerprint density at radius 1 is 1.12 bits per heavy atom. The van der Waals surface area contributed by atoms with E-state index in [0.29, 0.717) is 25.0 Å². The maximum Gasteiger partial charge on any atom is 0.305 e. The van der Waals surface area contributed by atoms with E-state index >= 15 is 0 Å². The number of carbonyl (C=O) groups excluding carboxylic acids is 1. The minimum absolute atomic E-state index is 0.0622. The first-order chi connectivity index (χ1) is 15.7. The van der Waals surface area contributed by atoms with Gasteiger partial charge in [0.25, 0.3) is 0 Å². The number of hydrogen-bond acceptors (Lipinski definition) is 4. The van der Waals surface area contributed by atoms with E-state index in [1.807, 2.05) is 13.0 Å². The molecule has 2 fully saturated rings. The number of fused-ring (bicyclic) bond motifs is 2. The molecule has 1 saturated carbocycles. The van der Waals surface area contributed by atoms with Crippen molar-refractivity contribution in [1.29, 1.82) is 0 Å². The standard InChI is InChI=1S/C28H37NO3/c1-3-32-27(30)15-14-25-26-13-8-17-28(25,23-11-7-12-24(21-23)31-2)18-20-29(26)19-16-22-9-5-4-6-10-22/h4-7,9-12,21,25-26H,3,8,13-20H2,1-2H3. The first kappa shape index (κ1) is 22.8. The fraction of sp³-hybridized carbons (Fsp3) is 0.536. The van der Waals surface area contributed by atoms with Crippen LogP contribution in [0.25, 0.3) is 0 Å². The highest BCUT2D eigenvalue weighted by molar-refractivity contribution is 5.69. The number of nitrogens with zero attached hydrogens (tertiary/aromatic N) is 1. The lowest BCUT2D eigenvalue weighted by atomic mass is 9.55. The minimum Gasteiger partial charge on any atom is -0.497 e. The molecular weight excluding hydrogens is 398 g/mol. The molecule has 2 aromatic carbocycles. The SMILES string of the molecule is CCOC(=O)CCC1C2CCCC1(c1cccc(OC)c1)CCN2CCc1ccccc1. The summed E-state index contributed by atoms with van der Waals surface area (Å²) in [6, 6.07) is 20.0. The highest BCUT2D eigenvalue weighted by atomic mass is 16.5. The summed E-state index contributed by atoms with van der Waals surface area (Å²) in [7, 11) is 1.74. The molecule has 4 rings (SSSR count). The second-order valence-electron chi connectivity index (χ2n) is 9.32. The Labute approximate surface area is 192 Å². The lowest BCUT2D eigenvalue weighted by Gasteiger charge is -2.57. The molecule has 1 aliphatic heterocycles. The molecule has 3 unspecified atom stereocenters. The van der Waals surface area contributed by atoms with Gasteiger partial charge < -0.3 is 9.47 Å². The van der Waals surface area contributed by atoms with Gasteiger partial charge in [0, 0.05) is 24.4 Å². The molecule has 2 aromatic rings. The van der Waals surface area contributed by atoms with Gasteiger partial charge in [-0.25, -0.2) is 0 Å². The molecule has 1 saturated heterocycles. The second kappa shape index (κ2) is 10.5. The first-order valence-electron chi connectivity index (χ1n) is 12.2. The summed E-state index contributed by atoms with van der Waals surface area (Å²) in [5, 5.41) is 0. The van der Waals surface area contributed by atoms with Crippen LogP contribution in [-0.4, -0.2) is 43.7 Å². The van der Waals surface area contributed by atoms with E-state index in [1.54, 1.807) is 7.11 Å². The van der Waals surface area contributed by atoms with Crippen LogP contribution in [0.5, 0.6) is 5.75 Å². The zero-order chi connectivity index (χ0) is 22.4. The van der Waals surface area contributed by atoms with E-state index in [1.165, 1.54) is 30.4 Å². The van der Waals surface area contributed by atoms with Gasteiger partial charge in [0.1, 0.15) is 5.75 Å². The topological polar surface area (TPSA) is 38.8 Å². The van der Waals surface area contributed by atoms with Crippen LogP contribution in [-0.2, 0) is 21.4 Å². The van der Waals surface area contributed by atoms with Crippen LogP contribution >= 0.6 is 0 Å². The Morgan fingerprint density at radius 3 is 2.75 bits per heavy atom. The van der Waals surface area contributed by atoms with Crippen molar-refractivity contribution in [3.63, 3.8) is 0 Å². The van der Waals surface area contributed by atoms with Crippen LogP contribution in [0.4, 0.5) is 0 Å². The maximum atomic E-state index is 12.3. The number of ether oxygens (including phenoxy) is 2. The maximum absolute atomic E-state index is 12.3. The van der Waals surface area contributed by atoms with Crippen LogP contribution in [0, 0.1) is 5.92 Å². The zero-order valence-corrected chi connectivity index (χ0v) is 19.6. The Kier molecular flexibility index (Phi) is 7.51. The van der Waals surface area contributed by atoms with E-state index in [-0.39, 0.29) is 11.4 Å². The fourth-order valence-corrected chi connectivity index (χ4v) is 6.24. The molecule has 4 nitrogen and oxygen atoms in total. The van der Waals surface area contributed by atoms with Crippen molar-refractivity contribution >= 4 is 5.97 Å². The number of carbonyl (C=O) groups is 1. The third-order valence-electron chi connectivity index (χ3n) is 7.75. The molecule has 0 radical (unpaired) electrons. The van der Waals surface area contributed by atoms with Crippen molar-refractivity contribution in [2.24, 2.45) is 5.92 Å². The average molecular weight is 436 g/mol. The molecule has 0 aromatic heterocycles. The van der Waals surface area contributed by atoms with Crippen LogP contribution < -0.4 is 4.74 Å². The highest BCUT2D eigenvalue weighted by Crippen LogP contribution is 2.53. The largest absolute Gasteiger partial charge is 0.497 e. The van der Waals surface area contributed by atoms with Crippen LogP contribution in [0.1, 0.15) is 56.6 Å². The smallest absolute Gasteiger partial charge is 0.305 e. The van der Waals surface area contributed by atoms with Gasteiger partial charge >= 0.3 is 5.97 Å². The Hall–Kier alpha value is -2.33. The lowest BCUT2D eigenvalue weighted by Crippen LogP contribution is -2.59.